The number of Topliss-reactive ketones (excluding diaryl/α,β-unsaturated/α-hetero) is 1. The maximum absolute atomic E-state index is 13.9. The zero-order valence-corrected chi connectivity index (χ0v) is 33.3. The van der Waals surface area contributed by atoms with Gasteiger partial charge in [-0.2, -0.15) is 6.42 Å². The van der Waals surface area contributed by atoms with Crippen molar-refractivity contribution in [2.24, 2.45) is 0 Å². The molecule has 7 rings (SSSR count). The number of ketones is 1. The topological polar surface area (TPSA) is 84.1 Å². The zero-order chi connectivity index (χ0) is 32.5. The van der Waals surface area contributed by atoms with E-state index >= 15 is 0 Å². The Morgan fingerprint density at radius 1 is 0.673 bits per heavy atom. The van der Waals surface area contributed by atoms with E-state index in [9.17, 15) is 17.8 Å². The van der Waals surface area contributed by atoms with E-state index in [1.165, 1.54) is 21.7 Å². The Morgan fingerprint density at radius 3 is 1.61 bits per heavy atom. The van der Waals surface area contributed by atoms with Crippen LogP contribution >= 0.6 is 0 Å². The summed E-state index contributed by atoms with van der Waals surface area (Å²) in [6, 6.07) is 25.3. The molecule has 0 bridgehead atoms. The predicted molar refractivity (Wildman–Crippen MR) is 192 cm³/mol. The van der Waals surface area contributed by atoms with Crippen molar-refractivity contribution in [3.8, 4) is 0 Å². The molecule has 0 N–H and O–H groups in total. The van der Waals surface area contributed by atoms with Crippen molar-refractivity contribution in [2.45, 2.75) is 58.0 Å². The smallest absolute Gasteiger partial charge is 0.748 e. The summed E-state index contributed by atoms with van der Waals surface area (Å²) >= 11 is 0. The van der Waals surface area contributed by atoms with Gasteiger partial charge in [0.2, 0.25) is 0 Å². The summed E-state index contributed by atoms with van der Waals surface area (Å²) in [6.07, 6.45) is 13.2. The van der Waals surface area contributed by atoms with Crippen molar-refractivity contribution in [1.82, 2.24) is 9.13 Å². The number of aryl methyl sites for hydroxylation is 2. The van der Waals surface area contributed by atoms with Gasteiger partial charge in [0, 0.05) is 62.1 Å². The number of nitrogens with zero attached hydrogens (tertiary/aromatic N) is 2. The van der Waals surface area contributed by atoms with Crippen LogP contribution in [0, 0.1) is 6.92 Å². The number of benzene rings is 4. The second kappa shape index (κ2) is 16.3. The minimum absolute atomic E-state index is 0. The summed E-state index contributed by atoms with van der Waals surface area (Å²) < 4.78 is 38.2. The zero-order valence-electron chi connectivity index (χ0n) is 28.5. The SMILES string of the molecule is [CH2-]CCCn1/c(=C/C=C2\CCC/C(=C\C=c3/c4cccc5cccc(c54)n3CCCCS(=O)(=O)[O-])C2=O)c2cccc3cccc1c32.[Na+].[Na+]. The van der Waals surface area contributed by atoms with E-state index in [1.807, 2.05) is 30.4 Å². The van der Waals surface area contributed by atoms with Crippen molar-refractivity contribution >= 4 is 71.4 Å². The second-order valence-corrected chi connectivity index (χ2v) is 14.0. The Morgan fingerprint density at radius 2 is 1.14 bits per heavy atom. The van der Waals surface area contributed by atoms with E-state index in [1.54, 1.807) is 0 Å². The number of allylic oxidation sites excluding steroid dienone is 4. The molecule has 2 heterocycles. The van der Waals surface area contributed by atoms with Crippen molar-refractivity contribution < 1.29 is 76.9 Å². The summed E-state index contributed by atoms with van der Waals surface area (Å²) in [5, 5.41) is 9.16. The van der Waals surface area contributed by atoms with Gasteiger partial charge in [-0.1, -0.05) is 79.2 Å². The Balaban J connectivity index is 0.00000234. The molecule has 1 aliphatic rings. The quantitative estimate of drug-likeness (QED) is 0.0712. The van der Waals surface area contributed by atoms with Gasteiger partial charge in [-0.3, -0.25) is 4.79 Å². The second-order valence-electron chi connectivity index (χ2n) is 12.5. The maximum Gasteiger partial charge on any atom is 1.00 e. The molecule has 0 amide bonds. The fourth-order valence-corrected chi connectivity index (χ4v) is 7.87. The molecule has 6 nitrogen and oxygen atoms in total. The van der Waals surface area contributed by atoms with E-state index in [2.05, 4.69) is 82.8 Å². The molecule has 0 saturated heterocycles. The fourth-order valence-electron chi connectivity index (χ4n) is 7.31. The molecule has 1 saturated carbocycles. The third-order valence-electron chi connectivity index (χ3n) is 9.50. The molecule has 0 atom stereocenters. The summed E-state index contributed by atoms with van der Waals surface area (Å²) in [4.78, 5) is 13.9. The molecule has 6 aromatic rings. The minimum atomic E-state index is -4.25. The Labute approximate surface area is 331 Å². The van der Waals surface area contributed by atoms with Crippen LogP contribution in [0.25, 0.3) is 55.5 Å². The third kappa shape index (κ3) is 7.75. The summed E-state index contributed by atoms with van der Waals surface area (Å²) in [6.45, 7) is 5.50. The summed E-state index contributed by atoms with van der Waals surface area (Å²) in [5.74, 6) is -0.278. The van der Waals surface area contributed by atoms with Crippen molar-refractivity contribution in [2.75, 3.05) is 5.75 Å². The number of hydrogen-bond acceptors (Lipinski definition) is 4. The Bertz CT molecular complexity index is 2430. The van der Waals surface area contributed by atoms with Crippen LogP contribution in [0.1, 0.15) is 44.9 Å². The first-order valence-corrected chi connectivity index (χ1v) is 18.1. The predicted octanol–water partition coefficient (Wildman–Crippen LogP) is 1.15. The molecule has 9 heteroatoms. The van der Waals surface area contributed by atoms with Crippen LogP contribution in [0.2, 0.25) is 0 Å². The van der Waals surface area contributed by atoms with Crippen LogP contribution in [-0.4, -0.2) is 33.6 Å². The Kier molecular flexibility index (Phi) is 12.5. The number of unbranched alkanes of at least 4 members (excludes halogenated alkanes) is 2. The fraction of sp³-hybridized carbons (Fsp3) is 0.250. The molecule has 2 aromatic heterocycles. The van der Waals surface area contributed by atoms with Gasteiger partial charge in [0.1, 0.15) is 0 Å². The number of hydrogen-bond donors (Lipinski definition) is 0. The molecule has 0 radical (unpaired) electrons. The van der Waals surface area contributed by atoms with Crippen molar-refractivity contribution in [1.29, 1.82) is 0 Å². The van der Waals surface area contributed by atoms with Crippen LogP contribution < -0.4 is 69.8 Å². The molecule has 240 valence electrons. The van der Waals surface area contributed by atoms with Crippen molar-refractivity contribution in [3.63, 3.8) is 0 Å². The number of carbonyl (C=O) groups is 1. The van der Waals surface area contributed by atoms with Gasteiger partial charge in [0.05, 0.1) is 10.1 Å². The van der Waals surface area contributed by atoms with Crippen LogP contribution in [0.4, 0.5) is 0 Å². The van der Waals surface area contributed by atoms with Crippen LogP contribution in [-0.2, 0) is 28.0 Å². The van der Waals surface area contributed by atoms with Gasteiger partial charge in [-0.15, -0.1) is 0 Å². The molecule has 49 heavy (non-hydrogen) atoms. The molecule has 0 unspecified atom stereocenters. The summed E-state index contributed by atoms with van der Waals surface area (Å²) in [5.41, 5.74) is 3.89. The minimum Gasteiger partial charge on any atom is -0.748 e. The van der Waals surface area contributed by atoms with Gasteiger partial charge >= 0.3 is 59.1 Å². The maximum atomic E-state index is 13.9. The van der Waals surface area contributed by atoms with Gasteiger partial charge in [0.15, 0.2) is 5.78 Å². The molecule has 0 aliphatic heterocycles. The monoisotopic (exact) mass is 688 g/mol. The Hall–Kier alpha value is -2.46. The van der Waals surface area contributed by atoms with Crippen LogP contribution in [0.15, 0.2) is 96.1 Å². The summed E-state index contributed by atoms with van der Waals surface area (Å²) in [7, 11) is -4.25. The van der Waals surface area contributed by atoms with Gasteiger partial charge in [-0.05, 0) is 78.3 Å². The van der Waals surface area contributed by atoms with Crippen molar-refractivity contribution in [3.05, 3.63) is 114 Å². The molecular formula is C40H38N2Na2O4S. The van der Waals surface area contributed by atoms with Gasteiger partial charge in [-0.25, -0.2) is 8.42 Å². The molecule has 4 aromatic carbocycles. The molecule has 0 spiro atoms. The largest absolute Gasteiger partial charge is 1.00 e. The molecular weight excluding hydrogens is 650 g/mol. The first-order chi connectivity index (χ1) is 22.8. The normalized spacial score (nSPS) is 16.5. The average molecular weight is 689 g/mol. The third-order valence-corrected chi connectivity index (χ3v) is 10.3. The molecule has 1 aliphatic carbocycles. The number of rotatable bonds is 10. The van der Waals surface area contributed by atoms with E-state index in [0.29, 0.717) is 19.4 Å². The standard InChI is InChI=1S/C40H39N2O4S.2Na/c1-2-3-25-41-34(32-17-7-11-28-13-9-19-36(41)38(28)32)23-21-30-15-6-16-31(40(30)43)22-24-35-33-18-8-12-29-14-10-20-37(39(29)33)42(35)26-4-5-27-47(44,45)46;;/h7-14,17-24H,1-6,15-16,25-27H2,(H,44,45,46);;/q-1;2*+1/p-1/b30-21+,31-22+,34-23+,35-24+;;. The first-order valence-electron chi connectivity index (χ1n) is 16.5. The van der Waals surface area contributed by atoms with E-state index < -0.39 is 10.1 Å². The van der Waals surface area contributed by atoms with Crippen LogP contribution in [0.5, 0.6) is 0 Å². The van der Waals surface area contributed by atoms with E-state index in [-0.39, 0.29) is 70.7 Å². The van der Waals surface area contributed by atoms with Gasteiger partial charge < -0.3 is 20.6 Å². The van der Waals surface area contributed by atoms with E-state index in [4.69, 9.17) is 0 Å². The number of carbonyl (C=O) groups excluding carboxylic acids is 1. The molecule has 1 fully saturated rings. The van der Waals surface area contributed by atoms with Gasteiger partial charge in [0.25, 0.3) is 0 Å². The number of aromatic nitrogens is 2. The first kappa shape index (κ1) is 37.8. The van der Waals surface area contributed by atoms with E-state index in [0.717, 1.165) is 82.2 Å². The average Bonchev–Trinajstić information content (AvgIpc) is 3.54. The van der Waals surface area contributed by atoms with Crippen LogP contribution in [0.3, 0.4) is 0 Å².